The van der Waals surface area contributed by atoms with E-state index in [0.29, 0.717) is 11.3 Å². The Morgan fingerprint density at radius 1 is 1.16 bits per heavy atom. The molecule has 3 aromatic rings. The molecule has 0 bridgehead atoms. The highest BCUT2D eigenvalue weighted by Crippen LogP contribution is 2.32. The summed E-state index contributed by atoms with van der Waals surface area (Å²) in [5.74, 6) is -1.35. The number of hydrogen-bond acceptors (Lipinski definition) is 9. The Morgan fingerprint density at radius 2 is 1.89 bits per heavy atom. The fourth-order valence-corrected chi connectivity index (χ4v) is 5.25. The maximum Gasteiger partial charge on any atom is 0.328 e. The Morgan fingerprint density at radius 3 is 2.55 bits per heavy atom. The lowest BCUT2D eigenvalue weighted by atomic mass is 10.0. The average molecular weight is 555 g/mol. The minimum absolute atomic E-state index is 0.0916. The van der Waals surface area contributed by atoms with Gasteiger partial charge in [0, 0.05) is 36.8 Å². The van der Waals surface area contributed by atoms with Gasteiger partial charge in [-0.2, -0.15) is 0 Å². The Bertz CT molecular complexity index is 1500. The third-order valence-corrected chi connectivity index (χ3v) is 7.53. The lowest BCUT2D eigenvalue weighted by Crippen LogP contribution is -2.29. The fraction of sp³-hybridized carbons (Fsp3) is 0.240. The van der Waals surface area contributed by atoms with Crippen LogP contribution in [-0.4, -0.2) is 57.7 Å². The van der Waals surface area contributed by atoms with E-state index in [1.54, 1.807) is 30.0 Å². The molecule has 2 heterocycles. The average Bonchev–Trinajstić information content (AvgIpc) is 3.21. The van der Waals surface area contributed by atoms with Gasteiger partial charge in [-0.25, -0.2) is 9.79 Å². The summed E-state index contributed by atoms with van der Waals surface area (Å²) in [4.78, 5) is 61.3. The minimum Gasteiger partial charge on any atom is -0.494 e. The standard InChI is InChI=1S/C25H26N6O5S2/c1-31(2)15-9-7-13(8-10-15)20(19-22(34)28-24(36)29-23(19)35)27-25-30-21(33)17(38-25)12-18(32)26-14-5-4-6-16(11-14)37-3/h4-11,17,20H,12H2,1-3H3,(H,26,32)(H,27,30,33)(H3,28,29,34,35,36)/t17-,20-/m0/s1. The van der Waals surface area contributed by atoms with E-state index in [1.807, 2.05) is 55.6 Å². The molecule has 0 spiro atoms. The van der Waals surface area contributed by atoms with Crippen LogP contribution in [0.15, 0.2) is 68.0 Å². The van der Waals surface area contributed by atoms with Crippen LogP contribution in [-0.2, 0) is 9.59 Å². The number of nitrogens with one attached hydrogen (secondary N) is 4. The quantitative estimate of drug-likeness (QED) is 0.265. The molecule has 11 nitrogen and oxygen atoms in total. The van der Waals surface area contributed by atoms with Crippen LogP contribution in [0.5, 0.6) is 5.88 Å². The molecule has 0 unspecified atom stereocenters. The number of thioether (sulfide) groups is 2. The molecule has 2 atom stereocenters. The summed E-state index contributed by atoms with van der Waals surface area (Å²) >= 11 is 2.61. The van der Waals surface area contributed by atoms with Crippen LogP contribution in [0.1, 0.15) is 23.6 Å². The van der Waals surface area contributed by atoms with Crippen LogP contribution in [0.3, 0.4) is 0 Å². The van der Waals surface area contributed by atoms with Crippen LogP contribution in [0.4, 0.5) is 11.4 Å². The van der Waals surface area contributed by atoms with E-state index in [9.17, 15) is 24.3 Å². The largest absolute Gasteiger partial charge is 0.494 e. The van der Waals surface area contributed by atoms with Crippen LogP contribution in [0.2, 0.25) is 0 Å². The van der Waals surface area contributed by atoms with Gasteiger partial charge in [0.25, 0.3) is 5.56 Å². The lowest BCUT2D eigenvalue weighted by Gasteiger charge is -2.17. The maximum atomic E-state index is 12.7. The van der Waals surface area contributed by atoms with Crippen LogP contribution in [0.25, 0.3) is 0 Å². The molecule has 38 heavy (non-hydrogen) atoms. The van der Waals surface area contributed by atoms with Crippen molar-refractivity contribution in [1.82, 2.24) is 15.3 Å². The zero-order valence-corrected chi connectivity index (χ0v) is 22.4. The highest BCUT2D eigenvalue weighted by atomic mass is 32.2. The molecule has 0 saturated carbocycles. The Kier molecular flexibility index (Phi) is 8.27. The first-order chi connectivity index (χ1) is 18.1. The van der Waals surface area contributed by atoms with Gasteiger partial charge in [-0.3, -0.25) is 24.4 Å². The summed E-state index contributed by atoms with van der Waals surface area (Å²) in [6.07, 6.45) is 1.84. The van der Waals surface area contributed by atoms with E-state index < -0.39 is 34.3 Å². The lowest BCUT2D eigenvalue weighted by molar-refractivity contribution is -0.122. The molecule has 2 aromatic carbocycles. The molecular formula is C25H26N6O5S2. The first-order valence-electron chi connectivity index (χ1n) is 11.5. The van der Waals surface area contributed by atoms with Crippen molar-refractivity contribution in [3.05, 3.63) is 80.5 Å². The second-order valence-electron chi connectivity index (χ2n) is 8.57. The predicted molar refractivity (Wildman–Crippen MR) is 150 cm³/mol. The van der Waals surface area contributed by atoms with Crippen molar-refractivity contribution in [3.63, 3.8) is 0 Å². The number of aromatic hydroxyl groups is 1. The van der Waals surface area contributed by atoms with Gasteiger partial charge in [0.05, 0.1) is 0 Å². The number of benzene rings is 2. The van der Waals surface area contributed by atoms with E-state index in [1.165, 1.54) is 0 Å². The molecule has 1 aliphatic heterocycles. The smallest absolute Gasteiger partial charge is 0.328 e. The van der Waals surface area contributed by atoms with Gasteiger partial charge in [0.2, 0.25) is 17.7 Å². The van der Waals surface area contributed by atoms with Gasteiger partial charge in [0.1, 0.15) is 16.9 Å². The first-order valence-corrected chi connectivity index (χ1v) is 13.6. The number of anilines is 2. The first kappa shape index (κ1) is 27.1. The van der Waals surface area contributed by atoms with E-state index in [-0.39, 0.29) is 23.1 Å². The summed E-state index contributed by atoms with van der Waals surface area (Å²) < 4.78 is 0. The van der Waals surface area contributed by atoms with Gasteiger partial charge in [-0.15, -0.1) is 11.8 Å². The van der Waals surface area contributed by atoms with Crippen LogP contribution >= 0.6 is 23.5 Å². The van der Waals surface area contributed by atoms with E-state index >= 15 is 0 Å². The molecule has 1 aliphatic rings. The van der Waals surface area contributed by atoms with Crippen molar-refractivity contribution in [2.24, 2.45) is 4.99 Å². The molecule has 5 N–H and O–H groups in total. The Labute approximate surface area is 226 Å². The summed E-state index contributed by atoms with van der Waals surface area (Å²) in [6.45, 7) is 0. The van der Waals surface area contributed by atoms with Gasteiger partial charge >= 0.3 is 5.69 Å². The second kappa shape index (κ2) is 11.6. The third-order valence-electron chi connectivity index (χ3n) is 5.70. The number of H-pyrrole nitrogens is 2. The Hall–Kier alpha value is -3.97. The highest BCUT2D eigenvalue weighted by Gasteiger charge is 2.34. The van der Waals surface area contributed by atoms with Crippen molar-refractivity contribution in [1.29, 1.82) is 0 Å². The van der Waals surface area contributed by atoms with Gasteiger partial charge in [-0.1, -0.05) is 30.0 Å². The fourth-order valence-electron chi connectivity index (χ4n) is 3.80. The number of carbonyl (C=O) groups is 2. The minimum atomic E-state index is -1.04. The number of aromatic amines is 2. The number of aliphatic imine (C=N–C) groups is 1. The molecule has 1 saturated heterocycles. The van der Waals surface area contributed by atoms with E-state index in [0.717, 1.165) is 22.3 Å². The molecule has 1 aromatic heterocycles. The number of carbonyl (C=O) groups excluding carboxylic acids is 2. The van der Waals surface area contributed by atoms with Crippen molar-refractivity contribution in [3.8, 4) is 5.88 Å². The zero-order chi connectivity index (χ0) is 27.4. The number of amides is 2. The van der Waals surface area contributed by atoms with E-state index in [2.05, 4.69) is 25.6 Å². The predicted octanol–water partition coefficient (Wildman–Crippen LogP) is 2.26. The van der Waals surface area contributed by atoms with Crippen molar-refractivity contribution in [2.45, 2.75) is 22.6 Å². The molecule has 4 rings (SSSR count). The van der Waals surface area contributed by atoms with Gasteiger partial charge in [0.15, 0.2) is 5.17 Å². The molecule has 0 radical (unpaired) electrons. The number of aromatic nitrogens is 2. The van der Waals surface area contributed by atoms with E-state index in [4.69, 9.17) is 0 Å². The van der Waals surface area contributed by atoms with Crippen LogP contribution < -0.4 is 26.8 Å². The highest BCUT2D eigenvalue weighted by molar-refractivity contribution is 8.15. The summed E-state index contributed by atoms with van der Waals surface area (Å²) in [5, 5.41) is 15.3. The molecule has 1 fully saturated rings. The summed E-state index contributed by atoms with van der Waals surface area (Å²) in [7, 11) is 3.76. The summed E-state index contributed by atoms with van der Waals surface area (Å²) in [5.41, 5.74) is 0.226. The number of rotatable bonds is 8. The van der Waals surface area contributed by atoms with Crippen LogP contribution in [0, 0.1) is 0 Å². The molecule has 2 amide bonds. The van der Waals surface area contributed by atoms with Gasteiger partial charge < -0.3 is 20.6 Å². The second-order valence-corrected chi connectivity index (χ2v) is 10.6. The molecule has 198 valence electrons. The molecule has 13 heteroatoms. The molecular weight excluding hydrogens is 528 g/mol. The number of nitrogens with zero attached hydrogens (tertiary/aromatic N) is 2. The topological polar surface area (TPSA) is 160 Å². The normalized spacial score (nSPS) is 16.8. The maximum absolute atomic E-state index is 12.7. The number of amidine groups is 1. The molecule has 0 aliphatic carbocycles. The van der Waals surface area contributed by atoms with Gasteiger partial charge in [-0.05, 0) is 42.2 Å². The zero-order valence-electron chi connectivity index (χ0n) is 20.8. The third kappa shape index (κ3) is 6.29. The number of hydrogen-bond donors (Lipinski definition) is 5. The summed E-state index contributed by atoms with van der Waals surface area (Å²) in [6, 6.07) is 13.5. The van der Waals surface area contributed by atoms with Crippen molar-refractivity contribution in [2.75, 3.05) is 30.6 Å². The SMILES string of the molecule is CSc1cccc(NC(=O)C[C@@H]2SC(=N[C@@H](c3ccc(N(C)C)cc3)c3c(O)[nH]c(=O)[nH]c3=O)NC2=O)c1. The van der Waals surface area contributed by atoms with Crippen molar-refractivity contribution >= 4 is 51.9 Å². The van der Waals surface area contributed by atoms with Crippen molar-refractivity contribution < 1.29 is 14.7 Å². The monoisotopic (exact) mass is 554 g/mol. The Balaban J connectivity index is 1.59.